The number of nitriles is 1. The van der Waals surface area contributed by atoms with Crippen LogP contribution < -0.4 is 5.32 Å². The summed E-state index contributed by atoms with van der Waals surface area (Å²) in [7, 11) is 1.87. The van der Waals surface area contributed by atoms with Crippen LogP contribution in [0.15, 0.2) is 12.3 Å². The van der Waals surface area contributed by atoms with E-state index in [1.54, 1.807) is 10.9 Å². The highest BCUT2D eigenvalue weighted by Gasteiger charge is 2.08. The van der Waals surface area contributed by atoms with Crippen molar-refractivity contribution in [2.75, 3.05) is 5.32 Å². The summed E-state index contributed by atoms with van der Waals surface area (Å²) in [6.07, 6.45) is 1.73. The zero-order valence-corrected chi connectivity index (χ0v) is 10.0. The molecule has 82 valence electrons. The third-order valence-electron chi connectivity index (χ3n) is 2.03. The Bertz CT molecular complexity index is 538. The molecule has 2 aromatic heterocycles. The number of anilines is 1. The van der Waals surface area contributed by atoms with Gasteiger partial charge in [0.2, 0.25) is 0 Å². The minimum atomic E-state index is 0.250. The van der Waals surface area contributed by atoms with E-state index in [-0.39, 0.29) is 5.15 Å². The molecule has 0 amide bonds. The highest BCUT2D eigenvalue weighted by Crippen LogP contribution is 2.26. The maximum atomic E-state index is 8.72. The van der Waals surface area contributed by atoms with Gasteiger partial charge in [0.1, 0.15) is 10.9 Å². The Morgan fingerprint density at radius 1 is 1.69 bits per heavy atom. The minimum Gasteiger partial charge on any atom is -0.356 e. The summed E-state index contributed by atoms with van der Waals surface area (Å²) in [6, 6.07) is 3.90. The Hall–Kier alpha value is -1.58. The maximum Gasteiger partial charge on any atom is 0.185 e. The lowest BCUT2D eigenvalue weighted by Crippen LogP contribution is -2.04. The van der Waals surface area contributed by atoms with E-state index in [2.05, 4.69) is 15.4 Å². The SMILES string of the molecule is Cn1nccc1CNc1nc(Cl)c(C#N)s1. The molecule has 0 spiro atoms. The zero-order valence-electron chi connectivity index (χ0n) is 8.44. The van der Waals surface area contributed by atoms with Crippen LogP contribution in [-0.4, -0.2) is 14.8 Å². The first-order chi connectivity index (χ1) is 7.70. The van der Waals surface area contributed by atoms with Gasteiger partial charge in [-0.15, -0.1) is 0 Å². The molecule has 0 radical (unpaired) electrons. The molecule has 1 N–H and O–H groups in total. The van der Waals surface area contributed by atoms with Crippen LogP contribution in [0.1, 0.15) is 10.6 Å². The lowest BCUT2D eigenvalue weighted by Gasteiger charge is -2.02. The molecule has 0 saturated carbocycles. The molecular weight excluding hydrogens is 246 g/mol. The van der Waals surface area contributed by atoms with Crippen LogP contribution in [0.2, 0.25) is 5.15 Å². The Morgan fingerprint density at radius 3 is 3.06 bits per heavy atom. The fourth-order valence-corrected chi connectivity index (χ4v) is 2.13. The van der Waals surface area contributed by atoms with Crippen LogP contribution in [0.4, 0.5) is 5.13 Å². The van der Waals surface area contributed by atoms with Gasteiger partial charge in [-0.25, -0.2) is 4.98 Å². The molecule has 0 aromatic carbocycles. The summed E-state index contributed by atoms with van der Waals surface area (Å²) in [5.41, 5.74) is 1.03. The monoisotopic (exact) mass is 253 g/mol. The van der Waals surface area contributed by atoms with Crippen LogP contribution in [-0.2, 0) is 13.6 Å². The van der Waals surface area contributed by atoms with Gasteiger partial charge in [-0.1, -0.05) is 22.9 Å². The zero-order chi connectivity index (χ0) is 11.5. The number of hydrogen-bond donors (Lipinski definition) is 1. The molecule has 0 saturated heterocycles. The smallest absolute Gasteiger partial charge is 0.185 e. The van der Waals surface area contributed by atoms with E-state index in [4.69, 9.17) is 16.9 Å². The summed E-state index contributed by atoms with van der Waals surface area (Å²) in [5.74, 6) is 0. The van der Waals surface area contributed by atoms with Crippen molar-refractivity contribution >= 4 is 28.1 Å². The molecule has 2 aromatic rings. The first-order valence-corrected chi connectivity index (χ1v) is 5.67. The van der Waals surface area contributed by atoms with Gasteiger partial charge in [0.25, 0.3) is 0 Å². The molecule has 0 unspecified atom stereocenters. The van der Waals surface area contributed by atoms with E-state index in [1.807, 2.05) is 19.2 Å². The van der Waals surface area contributed by atoms with E-state index in [1.165, 1.54) is 11.3 Å². The molecule has 2 rings (SSSR count). The fraction of sp³-hybridized carbons (Fsp3) is 0.222. The average Bonchev–Trinajstić information content (AvgIpc) is 2.82. The van der Waals surface area contributed by atoms with E-state index >= 15 is 0 Å². The predicted octanol–water partition coefficient (Wildman–Crippen LogP) is 2.01. The number of halogens is 1. The molecule has 16 heavy (non-hydrogen) atoms. The predicted molar refractivity (Wildman–Crippen MR) is 62.4 cm³/mol. The van der Waals surface area contributed by atoms with Crippen molar-refractivity contribution in [3.8, 4) is 6.07 Å². The first kappa shape index (κ1) is 10.9. The van der Waals surface area contributed by atoms with E-state index in [0.29, 0.717) is 16.6 Å². The Morgan fingerprint density at radius 2 is 2.50 bits per heavy atom. The third kappa shape index (κ3) is 2.15. The molecule has 0 bridgehead atoms. The van der Waals surface area contributed by atoms with Crippen LogP contribution >= 0.6 is 22.9 Å². The standard InChI is InChI=1S/C9H8ClN5S/c1-15-6(2-3-13-15)5-12-9-14-8(10)7(4-11)16-9/h2-3H,5H2,1H3,(H,12,14). The molecular formula is C9H8ClN5S. The van der Waals surface area contributed by atoms with Gasteiger partial charge in [-0.3, -0.25) is 4.68 Å². The Labute approximate surface area is 101 Å². The number of aryl methyl sites for hydroxylation is 1. The molecule has 7 heteroatoms. The minimum absolute atomic E-state index is 0.250. The number of hydrogen-bond acceptors (Lipinski definition) is 5. The number of rotatable bonds is 3. The lowest BCUT2D eigenvalue weighted by atomic mass is 10.4. The molecule has 5 nitrogen and oxygen atoms in total. The quantitative estimate of drug-likeness (QED) is 0.909. The second-order valence-electron chi connectivity index (χ2n) is 3.05. The van der Waals surface area contributed by atoms with Gasteiger partial charge >= 0.3 is 0 Å². The topological polar surface area (TPSA) is 66.5 Å². The van der Waals surface area contributed by atoms with Gasteiger partial charge in [-0.2, -0.15) is 10.4 Å². The summed E-state index contributed by atoms with van der Waals surface area (Å²) >= 11 is 7.00. The summed E-state index contributed by atoms with van der Waals surface area (Å²) in [4.78, 5) is 4.46. The van der Waals surface area contributed by atoms with Crippen LogP contribution in [0.3, 0.4) is 0 Å². The van der Waals surface area contributed by atoms with Crippen molar-refractivity contribution in [1.82, 2.24) is 14.8 Å². The molecule has 0 aliphatic rings. The molecule has 2 heterocycles. The van der Waals surface area contributed by atoms with Crippen molar-refractivity contribution in [1.29, 1.82) is 5.26 Å². The fourth-order valence-electron chi connectivity index (χ4n) is 1.19. The number of nitrogens with one attached hydrogen (secondary N) is 1. The van der Waals surface area contributed by atoms with Gasteiger partial charge in [0.05, 0.1) is 12.2 Å². The second kappa shape index (κ2) is 4.51. The summed E-state index contributed by atoms with van der Waals surface area (Å²) < 4.78 is 1.77. The number of nitrogens with zero attached hydrogens (tertiary/aromatic N) is 4. The van der Waals surface area contributed by atoms with Gasteiger partial charge in [-0.05, 0) is 6.07 Å². The van der Waals surface area contributed by atoms with Crippen LogP contribution in [0, 0.1) is 11.3 Å². The molecule has 0 aliphatic heterocycles. The van der Waals surface area contributed by atoms with Gasteiger partial charge in [0.15, 0.2) is 10.3 Å². The van der Waals surface area contributed by atoms with Crippen molar-refractivity contribution in [3.63, 3.8) is 0 Å². The molecule has 0 fully saturated rings. The van der Waals surface area contributed by atoms with Gasteiger partial charge < -0.3 is 5.32 Å². The van der Waals surface area contributed by atoms with Crippen molar-refractivity contribution < 1.29 is 0 Å². The maximum absolute atomic E-state index is 8.72. The van der Waals surface area contributed by atoms with E-state index < -0.39 is 0 Å². The second-order valence-corrected chi connectivity index (χ2v) is 4.41. The largest absolute Gasteiger partial charge is 0.356 e. The Balaban J connectivity index is 2.06. The van der Waals surface area contributed by atoms with Crippen LogP contribution in [0.25, 0.3) is 0 Å². The van der Waals surface area contributed by atoms with Crippen LogP contribution in [0.5, 0.6) is 0 Å². The number of aromatic nitrogens is 3. The van der Waals surface area contributed by atoms with Crippen molar-refractivity contribution in [3.05, 3.63) is 28.0 Å². The Kier molecular flexibility index (Phi) is 3.08. The molecule has 0 atom stereocenters. The summed E-state index contributed by atoms with van der Waals surface area (Å²) in [5, 5.41) is 16.8. The molecule has 0 aliphatic carbocycles. The number of thiazole rings is 1. The van der Waals surface area contributed by atoms with E-state index in [9.17, 15) is 0 Å². The highest BCUT2D eigenvalue weighted by molar-refractivity contribution is 7.16. The normalized spacial score (nSPS) is 10.1. The van der Waals surface area contributed by atoms with Crippen molar-refractivity contribution in [2.24, 2.45) is 7.05 Å². The first-order valence-electron chi connectivity index (χ1n) is 4.48. The van der Waals surface area contributed by atoms with Crippen molar-refractivity contribution in [2.45, 2.75) is 6.54 Å². The lowest BCUT2D eigenvalue weighted by molar-refractivity contribution is 0.720. The summed E-state index contributed by atoms with van der Waals surface area (Å²) in [6.45, 7) is 0.602. The highest BCUT2D eigenvalue weighted by atomic mass is 35.5. The van der Waals surface area contributed by atoms with Gasteiger partial charge in [0, 0.05) is 13.2 Å². The third-order valence-corrected chi connectivity index (χ3v) is 3.33. The average molecular weight is 254 g/mol. The van der Waals surface area contributed by atoms with E-state index in [0.717, 1.165) is 5.69 Å².